The molecule has 1 spiro atoms. The van der Waals surface area contributed by atoms with Crippen LogP contribution < -0.4 is 5.32 Å². The van der Waals surface area contributed by atoms with Crippen LogP contribution in [0.25, 0.3) is 0 Å². The van der Waals surface area contributed by atoms with Crippen LogP contribution in [0.3, 0.4) is 0 Å². The predicted molar refractivity (Wildman–Crippen MR) is 61.8 cm³/mol. The average molecular weight is 252 g/mol. The predicted octanol–water partition coefficient (Wildman–Crippen LogP) is 0.938. The molecule has 1 N–H and O–H groups in total. The molecule has 2 aliphatic heterocycles. The average Bonchev–Trinajstić information content (AvgIpc) is 3.10. The van der Waals surface area contributed by atoms with Crippen LogP contribution in [0.5, 0.6) is 0 Å². The van der Waals surface area contributed by atoms with Crippen LogP contribution in [0.15, 0.2) is 22.8 Å². The molecular formula is C12H16N2O4. The van der Waals surface area contributed by atoms with Gasteiger partial charge in [-0.05, 0) is 12.1 Å². The van der Waals surface area contributed by atoms with Crippen molar-refractivity contribution < 1.29 is 18.7 Å². The van der Waals surface area contributed by atoms with Crippen LogP contribution in [-0.2, 0) is 16.0 Å². The van der Waals surface area contributed by atoms with Crippen molar-refractivity contribution in [2.24, 2.45) is 0 Å². The molecule has 6 nitrogen and oxygen atoms in total. The van der Waals surface area contributed by atoms with Crippen LogP contribution in [-0.4, -0.2) is 43.0 Å². The first-order chi connectivity index (χ1) is 8.77. The molecular weight excluding hydrogens is 236 g/mol. The van der Waals surface area contributed by atoms with Crippen molar-refractivity contribution in [2.45, 2.75) is 18.8 Å². The maximum Gasteiger partial charge on any atom is 0.317 e. The Morgan fingerprint density at radius 2 is 2.28 bits per heavy atom. The highest BCUT2D eigenvalue weighted by Gasteiger charge is 2.44. The van der Waals surface area contributed by atoms with Gasteiger partial charge in [-0.2, -0.15) is 0 Å². The highest BCUT2D eigenvalue weighted by molar-refractivity contribution is 5.74. The van der Waals surface area contributed by atoms with Crippen LogP contribution in [0, 0.1) is 0 Å². The summed E-state index contributed by atoms with van der Waals surface area (Å²) in [7, 11) is 0. The van der Waals surface area contributed by atoms with Crippen LogP contribution in [0.1, 0.15) is 12.2 Å². The SMILES string of the molecule is O=C(NCc1ccco1)N1CCC2(C1)OCCO2. The molecule has 0 radical (unpaired) electrons. The molecule has 0 aromatic carbocycles. The van der Waals surface area contributed by atoms with Gasteiger partial charge in [0.2, 0.25) is 0 Å². The fourth-order valence-corrected chi connectivity index (χ4v) is 2.35. The van der Waals surface area contributed by atoms with E-state index in [1.807, 2.05) is 6.07 Å². The normalized spacial score (nSPS) is 21.7. The first-order valence-corrected chi connectivity index (χ1v) is 6.11. The lowest BCUT2D eigenvalue weighted by Crippen LogP contribution is -2.41. The molecule has 0 bridgehead atoms. The van der Waals surface area contributed by atoms with E-state index >= 15 is 0 Å². The number of carbonyl (C=O) groups excluding carboxylic acids is 1. The smallest absolute Gasteiger partial charge is 0.317 e. The zero-order chi connectivity index (χ0) is 12.4. The molecule has 2 aliphatic rings. The summed E-state index contributed by atoms with van der Waals surface area (Å²) >= 11 is 0. The molecule has 2 amide bonds. The molecule has 18 heavy (non-hydrogen) atoms. The first-order valence-electron chi connectivity index (χ1n) is 6.11. The second-order valence-electron chi connectivity index (χ2n) is 4.52. The van der Waals surface area contributed by atoms with E-state index in [0.29, 0.717) is 32.8 Å². The van der Waals surface area contributed by atoms with Gasteiger partial charge in [0, 0.05) is 13.0 Å². The third kappa shape index (κ3) is 2.21. The van der Waals surface area contributed by atoms with Gasteiger partial charge in [-0.15, -0.1) is 0 Å². The van der Waals surface area contributed by atoms with Crippen molar-refractivity contribution >= 4 is 6.03 Å². The molecule has 0 unspecified atom stereocenters. The number of likely N-dealkylation sites (tertiary alicyclic amines) is 1. The monoisotopic (exact) mass is 252 g/mol. The Morgan fingerprint density at radius 3 is 3.00 bits per heavy atom. The fourth-order valence-electron chi connectivity index (χ4n) is 2.35. The Bertz CT molecular complexity index is 412. The van der Waals surface area contributed by atoms with Crippen LogP contribution in [0.2, 0.25) is 0 Å². The molecule has 2 fully saturated rings. The summed E-state index contributed by atoms with van der Waals surface area (Å²) in [6, 6.07) is 3.52. The quantitative estimate of drug-likeness (QED) is 0.850. The largest absolute Gasteiger partial charge is 0.467 e. The second-order valence-corrected chi connectivity index (χ2v) is 4.52. The molecule has 3 heterocycles. The number of nitrogens with one attached hydrogen (secondary N) is 1. The van der Waals surface area contributed by atoms with Gasteiger partial charge < -0.3 is 24.1 Å². The van der Waals surface area contributed by atoms with Gasteiger partial charge in [0.1, 0.15) is 5.76 Å². The zero-order valence-corrected chi connectivity index (χ0v) is 10.1. The number of hydrogen-bond acceptors (Lipinski definition) is 4. The first kappa shape index (κ1) is 11.6. The third-order valence-electron chi connectivity index (χ3n) is 3.29. The summed E-state index contributed by atoms with van der Waals surface area (Å²) in [6.45, 7) is 2.78. The number of amides is 2. The van der Waals surface area contributed by atoms with E-state index in [4.69, 9.17) is 13.9 Å². The van der Waals surface area contributed by atoms with Crippen molar-refractivity contribution in [3.8, 4) is 0 Å². The van der Waals surface area contributed by atoms with Crippen molar-refractivity contribution in [3.05, 3.63) is 24.2 Å². The van der Waals surface area contributed by atoms with Crippen molar-refractivity contribution in [2.75, 3.05) is 26.3 Å². The maximum atomic E-state index is 11.9. The molecule has 3 rings (SSSR count). The minimum atomic E-state index is -0.554. The molecule has 0 atom stereocenters. The van der Waals surface area contributed by atoms with Crippen molar-refractivity contribution in [3.63, 3.8) is 0 Å². The maximum absolute atomic E-state index is 11.9. The Balaban J connectivity index is 1.51. The second kappa shape index (κ2) is 4.62. The summed E-state index contributed by atoms with van der Waals surface area (Å²) < 4.78 is 16.3. The van der Waals surface area contributed by atoms with Gasteiger partial charge in [0.05, 0.1) is 32.6 Å². The topological polar surface area (TPSA) is 63.9 Å². The van der Waals surface area contributed by atoms with Gasteiger partial charge in [0.15, 0.2) is 5.79 Å². The number of ether oxygens (including phenoxy) is 2. The summed E-state index contributed by atoms with van der Waals surface area (Å²) in [4.78, 5) is 13.7. The minimum Gasteiger partial charge on any atom is -0.467 e. The third-order valence-corrected chi connectivity index (χ3v) is 3.29. The summed E-state index contributed by atoms with van der Waals surface area (Å²) in [5, 5.41) is 2.82. The van der Waals surface area contributed by atoms with E-state index in [0.717, 1.165) is 12.2 Å². The number of rotatable bonds is 2. The number of furan rings is 1. The summed E-state index contributed by atoms with van der Waals surface area (Å²) in [5.74, 6) is 0.188. The van der Waals surface area contributed by atoms with E-state index in [1.165, 1.54) is 0 Å². The van der Waals surface area contributed by atoms with E-state index in [1.54, 1.807) is 17.2 Å². The number of nitrogens with zero attached hydrogens (tertiary/aromatic N) is 1. The highest BCUT2D eigenvalue weighted by Crippen LogP contribution is 2.30. The fraction of sp³-hybridized carbons (Fsp3) is 0.583. The molecule has 98 valence electrons. The zero-order valence-electron chi connectivity index (χ0n) is 10.1. The van der Waals surface area contributed by atoms with E-state index in [9.17, 15) is 4.79 Å². The summed E-state index contributed by atoms with van der Waals surface area (Å²) in [5.41, 5.74) is 0. The Hall–Kier alpha value is -1.53. The summed E-state index contributed by atoms with van der Waals surface area (Å²) in [6.07, 6.45) is 2.33. The Morgan fingerprint density at radius 1 is 1.44 bits per heavy atom. The van der Waals surface area contributed by atoms with Gasteiger partial charge >= 0.3 is 6.03 Å². The van der Waals surface area contributed by atoms with E-state index < -0.39 is 5.79 Å². The number of hydrogen-bond donors (Lipinski definition) is 1. The minimum absolute atomic E-state index is 0.109. The molecule has 2 saturated heterocycles. The molecule has 0 aliphatic carbocycles. The van der Waals surface area contributed by atoms with Gasteiger partial charge in [0.25, 0.3) is 0 Å². The van der Waals surface area contributed by atoms with Crippen molar-refractivity contribution in [1.29, 1.82) is 0 Å². The molecule has 0 saturated carbocycles. The standard InChI is InChI=1S/C12H16N2O4/c15-11(13-8-10-2-1-5-16-10)14-4-3-12(9-14)17-6-7-18-12/h1-2,5H,3-4,6-9H2,(H,13,15). The van der Waals surface area contributed by atoms with E-state index in [2.05, 4.69) is 5.32 Å². The number of carbonyl (C=O) groups is 1. The molecule has 1 aromatic rings. The molecule has 1 aromatic heterocycles. The molecule has 6 heteroatoms. The van der Waals surface area contributed by atoms with Gasteiger partial charge in [-0.1, -0.05) is 0 Å². The van der Waals surface area contributed by atoms with E-state index in [-0.39, 0.29) is 6.03 Å². The lowest BCUT2D eigenvalue weighted by atomic mass is 10.2. The Kier molecular flexibility index (Phi) is 2.97. The Labute approximate surface area is 105 Å². The van der Waals surface area contributed by atoms with Crippen molar-refractivity contribution in [1.82, 2.24) is 10.2 Å². The van der Waals surface area contributed by atoms with Gasteiger partial charge in [-0.25, -0.2) is 4.79 Å². The lowest BCUT2D eigenvalue weighted by Gasteiger charge is -2.22. The van der Waals surface area contributed by atoms with Gasteiger partial charge in [-0.3, -0.25) is 0 Å². The van der Waals surface area contributed by atoms with Crippen LogP contribution in [0.4, 0.5) is 4.79 Å². The highest BCUT2D eigenvalue weighted by atomic mass is 16.7. The van der Waals surface area contributed by atoms with Crippen LogP contribution >= 0.6 is 0 Å². The lowest BCUT2D eigenvalue weighted by molar-refractivity contribution is -0.143. The number of urea groups is 1.